The zero-order valence-electron chi connectivity index (χ0n) is 25.2. The molecule has 0 bridgehead atoms. The molecule has 0 aromatic heterocycles. The smallest absolute Gasteiger partial charge is 0.113 e. The van der Waals surface area contributed by atoms with Crippen molar-refractivity contribution in [2.24, 2.45) is 0 Å². The number of benzene rings is 6. The molecule has 2 heteroatoms. The molecule has 0 spiro atoms. The summed E-state index contributed by atoms with van der Waals surface area (Å²) in [4.78, 5) is 2.50. The van der Waals surface area contributed by atoms with Crippen molar-refractivity contribution in [3.05, 3.63) is 151 Å². The van der Waals surface area contributed by atoms with Gasteiger partial charge in [0.05, 0.1) is 5.69 Å². The normalized spacial score (nSPS) is 14.9. The van der Waals surface area contributed by atoms with E-state index in [0.29, 0.717) is 0 Å². The van der Waals surface area contributed by atoms with Crippen molar-refractivity contribution in [3.63, 3.8) is 0 Å². The molecule has 8 rings (SSSR count). The second-order valence-corrected chi connectivity index (χ2v) is 17.3. The van der Waals surface area contributed by atoms with Crippen LogP contribution < -0.4 is 15.3 Å². The van der Waals surface area contributed by atoms with Gasteiger partial charge < -0.3 is 4.90 Å². The van der Waals surface area contributed by atoms with Crippen LogP contribution in [0.4, 0.5) is 17.1 Å². The van der Waals surface area contributed by atoms with E-state index in [1.165, 1.54) is 71.9 Å². The van der Waals surface area contributed by atoms with E-state index >= 15 is 0 Å². The molecule has 1 heterocycles. The van der Waals surface area contributed by atoms with Gasteiger partial charge in [-0.15, -0.1) is 0 Å². The molecule has 6 aromatic rings. The minimum atomic E-state index is -1.82. The number of nitrogens with zero attached hydrogens (tertiary/aromatic N) is 1. The van der Waals surface area contributed by atoms with E-state index in [1.54, 1.807) is 0 Å². The summed E-state index contributed by atoms with van der Waals surface area (Å²) in [5, 5.41) is 3.05. The molecule has 0 amide bonds. The molecule has 1 aliphatic heterocycles. The molecule has 208 valence electrons. The topological polar surface area (TPSA) is 3.24 Å². The first-order valence-electron chi connectivity index (χ1n) is 15.3. The van der Waals surface area contributed by atoms with E-state index in [1.807, 2.05) is 0 Å². The van der Waals surface area contributed by atoms with Crippen molar-refractivity contribution < 1.29 is 0 Å². The molecule has 0 N–H and O–H groups in total. The summed E-state index contributed by atoms with van der Waals surface area (Å²) in [5.74, 6) is 0. The van der Waals surface area contributed by atoms with Gasteiger partial charge in [0, 0.05) is 22.4 Å². The average Bonchev–Trinajstić information content (AvgIpc) is 3.42. The van der Waals surface area contributed by atoms with Gasteiger partial charge in [-0.05, 0) is 79.6 Å². The molecule has 6 aromatic carbocycles. The van der Waals surface area contributed by atoms with Gasteiger partial charge in [0.1, 0.15) is 8.07 Å². The van der Waals surface area contributed by atoms with E-state index in [2.05, 4.69) is 171 Å². The number of anilines is 3. The van der Waals surface area contributed by atoms with Gasteiger partial charge in [-0.2, -0.15) is 0 Å². The fraction of sp³-hybridized carbons (Fsp3) is 0.122. The van der Waals surface area contributed by atoms with Crippen molar-refractivity contribution in [2.75, 3.05) is 4.90 Å². The van der Waals surface area contributed by atoms with Crippen LogP contribution >= 0.6 is 0 Å². The van der Waals surface area contributed by atoms with Gasteiger partial charge in [-0.1, -0.05) is 136 Å². The highest BCUT2D eigenvalue weighted by molar-refractivity contribution is 7.04. The van der Waals surface area contributed by atoms with E-state index in [-0.39, 0.29) is 5.41 Å². The summed E-state index contributed by atoms with van der Waals surface area (Å²) in [6.07, 6.45) is 0. The van der Waals surface area contributed by atoms with Crippen LogP contribution in [-0.4, -0.2) is 8.07 Å². The summed E-state index contributed by atoms with van der Waals surface area (Å²) >= 11 is 0. The molecule has 0 saturated carbocycles. The fourth-order valence-corrected chi connectivity index (χ4v) is 10.7. The van der Waals surface area contributed by atoms with E-state index < -0.39 is 8.07 Å². The van der Waals surface area contributed by atoms with Crippen molar-refractivity contribution in [1.29, 1.82) is 0 Å². The second kappa shape index (κ2) is 9.42. The maximum absolute atomic E-state index is 2.50. The molecule has 0 fully saturated rings. The summed E-state index contributed by atoms with van der Waals surface area (Å²) in [6.45, 7) is 9.72. The summed E-state index contributed by atoms with van der Waals surface area (Å²) in [7, 11) is -1.82. The van der Waals surface area contributed by atoms with Crippen molar-refractivity contribution >= 4 is 35.5 Å². The van der Waals surface area contributed by atoms with Gasteiger partial charge in [-0.25, -0.2) is 0 Å². The first-order chi connectivity index (χ1) is 20.9. The number of hydrogen-bond donors (Lipinski definition) is 0. The van der Waals surface area contributed by atoms with Gasteiger partial charge >= 0.3 is 0 Å². The summed E-state index contributed by atoms with van der Waals surface area (Å²) in [6, 6.07) is 51.9. The quantitative estimate of drug-likeness (QED) is 0.191. The lowest BCUT2D eigenvalue weighted by molar-refractivity contribution is 0.660. The highest BCUT2D eigenvalue weighted by Crippen LogP contribution is 2.51. The Hall–Kier alpha value is -4.66. The van der Waals surface area contributed by atoms with Gasteiger partial charge in [0.25, 0.3) is 0 Å². The number of fused-ring (bicyclic) bond motifs is 6. The van der Waals surface area contributed by atoms with Gasteiger partial charge in [0.2, 0.25) is 0 Å². The number of hydrogen-bond acceptors (Lipinski definition) is 1. The van der Waals surface area contributed by atoms with Crippen LogP contribution in [0.15, 0.2) is 140 Å². The van der Waals surface area contributed by atoms with Crippen molar-refractivity contribution in [2.45, 2.75) is 32.4 Å². The first kappa shape index (κ1) is 26.0. The maximum Gasteiger partial charge on any atom is 0.113 e. The third kappa shape index (κ3) is 3.83. The van der Waals surface area contributed by atoms with Crippen LogP contribution in [-0.2, 0) is 5.41 Å². The molecular weight excluding hydrogens is 535 g/mol. The van der Waals surface area contributed by atoms with E-state index in [4.69, 9.17) is 0 Å². The van der Waals surface area contributed by atoms with Crippen LogP contribution in [0.2, 0.25) is 13.1 Å². The van der Waals surface area contributed by atoms with Gasteiger partial charge in [0.15, 0.2) is 0 Å². The monoisotopic (exact) mass is 569 g/mol. The van der Waals surface area contributed by atoms with E-state index in [0.717, 1.165) is 0 Å². The Morgan fingerprint density at radius 1 is 0.488 bits per heavy atom. The van der Waals surface area contributed by atoms with Crippen LogP contribution in [0.5, 0.6) is 0 Å². The summed E-state index contributed by atoms with van der Waals surface area (Å²) < 4.78 is 0. The molecule has 1 nitrogen and oxygen atoms in total. The van der Waals surface area contributed by atoms with Crippen molar-refractivity contribution in [3.8, 4) is 33.4 Å². The predicted octanol–water partition coefficient (Wildman–Crippen LogP) is 9.93. The van der Waals surface area contributed by atoms with Crippen LogP contribution in [0, 0.1) is 0 Å². The Labute approximate surface area is 256 Å². The minimum absolute atomic E-state index is 0.0646. The molecule has 43 heavy (non-hydrogen) atoms. The lowest BCUT2D eigenvalue weighted by Gasteiger charge is -2.30. The molecule has 0 atom stereocenters. The fourth-order valence-electron chi connectivity index (χ4n) is 7.61. The molecule has 0 saturated heterocycles. The third-order valence-corrected chi connectivity index (χ3v) is 13.4. The predicted molar refractivity (Wildman–Crippen MR) is 186 cm³/mol. The van der Waals surface area contributed by atoms with E-state index in [9.17, 15) is 0 Å². The zero-order chi connectivity index (χ0) is 29.3. The van der Waals surface area contributed by atoms with Crippen LogP contribution in [0.25, 0.3) is 33.4 Å². The lowest BCUT2D eigenvalue weighted by Crippen LogP contribution is -2.49. The van der Waals surface area contributed by atoms with Crippen LogP contribution in [0.1, 0.15) is 25.0 Å². The Balaban J connectivity index is 1.35. The number of rotatable bonds is 4. The molecule has 0 unspecified atom stereocenters. The summed E-state index contributed by atoms with van der Waals surface area (Å²) in [5.41, 5.74) is 14.3. The Morgan fingerprint density at radius 3 is 1.88 bits per heavy atom. The molecule has 2 aliphatic rings. The maximum atomic E-state index is 2.50. The molecule has 1 aliphatic carbocycles. The second-order valence-electron chi connectivity index (χ2n) is 13.0. The SMILES string of the molecule is CC1(C)c2ccccc2-c2ccc(N(c3ccc(-c4ccccc4)cc3)c3cccc4c3-c3ccccc3[Si]4(C)C)cc21. The largest absolute Gasteiger partial charge is 0.310 e. The Kier molecular flexibility index (Phi) is 5.70. The Bertz CT molecular complexity index is 2020. The standard InChI is InChI=1S/C41H35NSi/c1-41(2)35-17-10-8-15-32(35)33-26-25-31(27-36(33)41)42(30-23-21-29(22-24-30)28-13-6-5-7-14-28)37-18-12-20-39-40(37)34-16-9-11-19-38(34)43(39,3)4/h5-27H,1-4H3. The zero-order valence-corrected chi connectivity index (χ0v) is 26.2. The molecular formula is C41H35NSi. The molecule has 0 radical (unpaired) electrons. The highest BCUT2D eigenvalue weighted by atomic mass is 28.3. The lowest BCUT2D eigenvalue weighted by atomic mass is 9.82. The third-order valence-electron chi connectivity index (χ3n) is 9.88. The average molecular weight is 570 g/mol. The van der Waals surface area contributed by atoms with Gasteiger partial charge in [-0.3, -0.25) is 0 Å². The van der Waals surface area contributed by atoms with Crippen LogP contribution in [0.3, 0.4) is 0 Å². The Morgan fingerprint density at radius 2 is 1.09 bits per heavy atom. The highest BCUT2D eigenvalue weighted by Gasteiger charge is 2.40. The minimum Gasteiger partial charge on any atom is -0.310 e. The van der Waals surface area contributed by atoms with Crippen molar-refractivity contribution in [1.82, 2.24) is 0 Å². The first-order valence-corrected chi connectivity index (χ1v) is 18.3.